The predicted octanol–water partition coefficient (Wildman–Crippen LogP) is 14.6. The second kappa shape index (κ2) is 48.6. The number of aliphatic hydroxyl groups excluding tert-OH is 2. The highest BCUT2D eigenvalue weighted by Gasteiger charge is 2.27. The minimum Gasteiger partial charge on any atom is -0.462 e. The van der Waals surface area contributed by atoms with Crippen LogP contribution in [-0.4, -0.2) is 65.7 Å². The van der Waals surface area contributed by atoms with Gasteiger partial charge in [-0.1, -0.05) is 216 Å². The lowest BCUT2D eigenvalue weighted by Crippen LogP contribution is -2.29. The monoisotopic (exact) mass is 923 g/mol. The number of rotatable bonds is 48. The number of carbonyl (C=O) groups excluding carboxylic acids is 2. The molecule has 0 aromatic heterocycles. The largest absolute Gasteiger partial charge is 0.472 e. The molecule has 1 unspecified atom stereocenters. The normalized spacial score (nSPS) is 14.1. The second-order valence-corrected chi connectivity index (χ2v) is 18.6. The maximum Gasteiger partial charge on any atom is 0.472 e. The molecule has 64 heavy (non-hydrogen) atoms. The zero-order chi connectivity index (χ0) is 46.9. The quantitative estimate of drug-likeness (QED) is 0.0233. The number of unbranched alkanes of at least 4 members (excludes halogenated alkanes) is 24. The van der Waals surface area contributed by atoms with E-state index in [1.54, 1.807) is 0 Å². The summed E-state index contributed by atoms with van der Waals surface area (Å²) in [5.41, 5.74) is 0. The molecule has 11 heteroatoms. The fourth-order valence-electron chi connectivity index (χ4n) is 7.02. The van der Waals surface area contributed by atoms with Gasteiger partial charge in [0.05, 0.1) is 19.8 Å². The molecule has 0 aliphatic carbocycles. The van der Waals surface area contributed by atoms with Crippen molar-refractivity contribution >= 4 is 19.8 Å². The fraction of sp³-hybridized carbons (Fsp3) is 0.774. The molecule has 372 valence electrons. The Labute approximate surface area is 391 Å². The number of aliphatic hydroxyl groups is 2. The molecular weight excluding hydrogens is 828 g/mol. The molecule has 0 aliphatic heterocycles. The number of phosphoric ester groups is 1. The molecule has 3 atom stereocenters. The van der Waals surface area contributed by atoms with E-state index in [2.05, 4.69) is 74.6 Å². The number of phosphoric acid groups is 1. The van der Waals surface area contributed by atoms with Crippen molar-refractivity contribution in [3.8, 4) is 0 Å². The highest BCUT2D eigenvalue weighted by molar-refractivity contribution is 7.47. The van der Waals surface area contributed by atoms with Crippen LogP contribution in [0, 0.1) is 0 Å². The van der Waals surface area contributed by atoms with Gasteiger partial charge in [-0.15, -0.1) is 0 Å². The van der Waals surface area contributed by atoms with Crippen LogP contribution in [0.1, 0.15) is 226 Å². The lowest BCUT2D eigenvalue weighted by Gasteiger charge is -2.20. The lowest BCUT2D eigenvalue weighted by molar-refractivity contribution is -0.161. The third-order valence-corrected chi connectivity index (χ3v) is 11.9. The molecule has 0 aliphatic rings. The standard InChI is InChI=1S/C53H95O10P/c1-3-5-7-9-11-13-15-17-19-21-23-24-25-27-28-30-32-34-36-38-40-42-44-52(56)60-48-51(49-62-64(58,59)61-47-50(55)46-54)63-53(57)45-43-41-39-37-35-33-31-29-26-22-20-18-16-14-12-10-8-6-4-2/h6,8,12,14,18,20,26,29,33,35,50-51,54-55H,3-5,7,9-11,13,15-17,19,21-25,27-28,30-32,34,36-49H2,1-2H3,(H,58,59)/b8-6+,14-12+,20-18+,29-26+,35-33+/t50-,51+/m0/s1. The summed E-state index contributed by atoms with van der Waals surface area (Å²) in [6.45, 7) is 2.26. The van der Waals surface area contributed by atoms with Crippen LogP contribution >= 0.6 is 7.82 Å². The summed E-state index contributed by atoms with van der Waals surface area (Å²) in [7, 11) is -4.63. The first-order valence-corrected chi connectivity index (χ1v) is 27.2. The zero-order valence-electron chi connectivity index (χ0n) is 40.7. The molecule has 0 saturated heterocycles. The summed E-state index contributed by atoms with van der Waals surface area (Å²) < 4.78 is 32.8. The van der Waals surface area contributed by atoms with Crippen molar-refractivity contribution in [3.05, 3.63) is 60.8 Å². The van der Waals surface area contributed by atoms with Crippen LogP contribution in [0.25, 0.3) is 0 Å². The van der Waals surface area contributed by atoms with Crippen molar-refractivity contribution in [1.29, 1.82) is 0 Å². The minimum atomic E-state index is -4.63. The van der Waals surface area contributed by atoms with Crippen molar-refractivity contribution < 1.29 is 47.8 Å². The van der Waals surface area contributed by atoms with Crippen LogP contribution in [-0.2, 0) is 32.7 Å². The summed E-state index contributed by atoms with van der Waals surface area (Å²) in [5.74, 6) is -0.956. The number of hydrogen-bond donors (Lipinski definition) is 3. The average Bonchev–Trinajstić information content (AvgIpc) is 3.28. The number of hydrogen-bond acceptors (Lipinski definition) is 9. The van der Waals surface area contributed by atoms with Gasteiger partial charge in [-0.2, -0.15) is 0 Å². The van der Waals surface area contributed by atoms with Gasteiger partial charge in [0, 0.05) is 12.8 Å². The molecule has 3 N–H and O–H groups in total. The molecule has 0 saturated carbocycles. The number of esters is 2. The zero-order valence-corrected chi connectivity index (χ0v) is 41.6. The van der Waals surface area contributed by atoms with E-state index in [-0.39, 0.29) is 19.4 Å². The van der Waals surface area contributed by atoms with Crippen LogP contribution in [0.3, 0.4) is 0 Å². The summed E-state index contributed by atoms with van der Waals surface area (Å²) in [5, 5.41) is 18.4. The Morgan fingerprint density at radius 3 is 1.30 bits per heavy atom. The van der Waals surface area contributed by atoms with E-state index in [1.807, 2.05) is 0 Å². The van der Waals surface area contributed by atoms with Crippen molar-refractivity contribution in [3.63, 3.8) is 0 Å². The highest BCUT2D eigenvalue weighted by atomic mass is 31.2. The SMILES string of the molecule is CC/C=C/C/C=C/C/C=C/C/C=C/C/C=C/CCCCCC(=O)O[C@H](COC(=O)CCCCCCCCCCCCCCCCCCCCCCCC)COP(=O)(O)OC[C@@H](O)CO. The van der Waals surface area contributed by atoms with Crippen LogP contribution in [0.4, 0.5) is 0 Å². The van der Waals surface area contributed by atoms with E-state index in [0.717, 1.165) is 70.6 Å². The Morgan fingerprint density at radius 1 is 0.484 bits per heavy atom. The maximum atomic E-state index is 12.7. The summed E-state index contributed by atoms with van der Waals surface area (Å²) in [6.07, 6.45) is 56.2. The third kappa shape index (κ3) is 47.6. The molecule has 0 heterocycles. The molecule has 0 rings (SSSR count). The summed E-state index contributed by atoms with van der Waals surface area (Å²) in [4.78, 5) is 35.2. The third-order valence-electron chi connectivity index (χ3n) is 10.9. The van der Waals surface area contributed by atoms with Gasteiger partial charge in [0.2, 0.25) is 0 Å². The molecule has 0 aromatic carbocycles. The summed E-state index contributed by atoms with van der Waals surface area (Å²) in [6, 6.07) is 0. The molecule has 10 nitrogen and oxygen atoms in total. The van der Waals surface area contributed by atoms with E-state index in [4.69, 9.17) is 23.6 Å². The van der Waals surface area contributed by atoms with Crippen LogP contribution in [0.15, 0.2) is 60.8 Å². The van der Waals surface area contributed by atoms with E-state index in [9.17, 15) is 24.2 Å². The van der Waals surface area contributed by atoms with Gasteiger partial charge in [-0.05, 0) is 57.8 Å². The number of allylic oxidation sites excluding steroid dienone is 10. The van der Waals surface area contributed by atoms with Gasteiger partial charge >= 0.3 is 19.8 Å². The van der Waals surface area contributed by atoms with Gasteiger partial charge in [-0.3, -0.25) is 18.6 Å². The Balaban J connectivity index is 4.21. The van der Waals surface area contributed by atoms with Crippen molar-refractivity contribution in [2.75, 3.05) is 26.4 Å². The Kier molecular flexibility index (Phi) is 46.8. The van der Waals surface area contributed by atoms with Gasteiger partial charge in [0.15, 0.2) is 6.10 Å². The van der Waals surface area contributed by atoms with E-state index < -0.39 is 51.8 Å². The average molecular weight is 923 g/mol. The van der Waals surface area contributed by atoms with Crippen LogP contribution in [0.5, 0.6) is 0 Å². The number of carbonyl (C=O) groups is 2. The maximum absolute atomic E-state index is 12.7. The topological polar surface area (TPSA) is 149 Å². The molecule has 0 spiro atoms. The lowest BCUT2D eigenvalue weighted by atomic mass is 10.0. The highest BCUT2D eigenvalue weighted by Crippen LogP contribution is 2.43. The molecule has 0 aromatic rings. The summed E-state index contributed by atoms with van der Waals surface area (Å²) >= 11 is 0. The van der Waals surface area contributed by atoms with E-state index in [0.29, 0.717) is 12.8 Å². The van der Waals surface area contributed by atoms with Gasteiger partial charge < -0.3 is 24.6 Å². The van der Waals surface area contributed by atoms with E-state index in [1.165, 1.54) is 116 Å². The van der Waals surface area contributed by atoms with Gasteiger partial charge in [-0.25, -0.2) is 4.57 Å². The first-order valence-electron chi connectivity index (χ1n) is 25.7. The molecule has 0 amide bonds. The smallest absolute Gasteiger partial charge is 0.462 e. The van der Waals surface area contributed by atoms with Crippen LogP contribution < -0.4 is 0 Å². The molecule has 0 bridgehead atoms. The number of ether oxygens (including phenoxy) is 2. The minimum absolute atomic E-state index is 0.144. The first-order chi connectivity index (χ1) is 31.2. The second-order valence-electron chi connectivity index (χ2n) is 17.2. The molecular formula is C53H95O10P. The van der Waals surface area contributed by atoms with Gasteiger partial charge in [0.25, 0.3) is 0 Å². The Morgan fingerprint density at radius 2 is 0.859 bits per heavy atom. The predicted molar refractivity (Wildman–Crippen MR) is 265 cm³/mol. The Hall–Kier alpha value is -2.33. The van der Waals surface area contributed by atoms with Crippen molar-refractivity contribution in [2.45, 2.75) is 238 Å². The Bertz CT molecular complexity index is 1250. The van der Waals surface area contributed by atoms with Gasteiger partial charge in [0.1, 0.15) is 12.7 Å². The van der Waals surface area contributed by atoms with Crippen molar-refractivity contribution in [1.82, 2.24) is 0 Å². The van der Waals surface area contributed by atoms with Crippen LogP contribution in [0.2, 0.25) is 0 Å². The van der Waals surface area contributed by atoms with Crippen molar-refractivity contribution in [2.24, 2.45) is 0 Å². The fourth-order valence-corrected chi connectivity index (χ4v) is 7.81. The van der Waals surface area contributed by atoms with E-state index >= 15 is 0 Å². The molecule has 0 fully saturated rings. The first kappa shape index (κ1) is 61.7. The molecule has 0 radical (unpaired) electrons.